The van der Waals surface area contributed by atoms with Gasteiger partial charge in [0.25, 0.3) is 0 Å². The smallest absolute Gasteiger partial charge is 0.206 e. The number of halogens is 2. The molecule has 3 rings (SSSR count). The van der Waals surface area contributed by atoms with Gasteiger partial charge in [0, 0.05) is 6.42 Å². The highest BCUT2D eigenvalue weighted by Crippen LogP contribution is 2.30. The molecule has 1 heterocycles. The summed E-state index contributed by atoms with van der Waals surface area (Å²) in [5, 5.41) is 0. The van der Waals surface area contributed by atoms with Crippen LogP contribution in [0, 0.1) is 11.6 Å². The molecule has 0 amide bonds. The molecule has 1 aliphatic heterocycles. The van der Waals surface area contributed by atoms with Crippen LogP contribution in [-0.4, -0.2) is 11.9 Å². The molecule has 2 aromatic rings. The molecule has 19 heavy (non-hydrogen) atoms. The molecule has 0 spiro atoms. The van der Waals surface area contributed by atoms with E-state index in [1.54, 1.807) is 12.1 Å². The Morgan fingerprint density at radius 2 is 1.95 bits per heavy atom. The number of Topliss-reactive ketones (excluding diaryl/α,β-unsaturated/α-hetero) is 1. The minimum atomic E-state index is -0.784. The maximum atomic E-state index is 13.6. The SMILES string of the molecule is O=C(c1cc(F)ccc1F)C1Cc2ccccc2O1. The van der Waals surface area contributed by atoms with Gasteiger partial charge in [-0.1, -0.05) is 18.2 Å². The summed E-state index contributed by atoms with van der Waals surface area (Å²) in [6, 6.07) is 10.1. The van der Waals surface area contributed by atoms with Crippen LogP contribution in [-0.2, 0) is 6.42 Å². The molecule has 0 saturated carbocycles. The Kier molecular flexibility index (Phi) is 2.78. The first-order chi connectivity index (χ1) is 9.15. The summed E-state index contributed by atoms with van der Waals surface area (Å²) in [6.45, 7) is 0. The normalized spacial score (nSPS) is 16.8. The highest BCUT2D eigenvalue weighted by molar-refractivity contribution is 6.00. The van der Waals surface area contributed by atoms with Crippen LogP contribution in [0.2, 0.25) is 0 Å². The number of fused-ring (bicyclic) bond motifs is 1. The van der Waals surface area contributed by atoms with E-state index in [-0.39, 0.29) is 5.56 Å². The van der Waals surface area contributed by atoms with Crippen molar-refractivity contribution in [2.45, 2.75) is 12.5 Å². The van der Waals surface area contributed by atoms with Crippen LogP contribution >= 0.6 is 0 Å². The van der Waals surface area contributed by atoms with E-state index in [4.69, 9.17) is 4.74 Å². The van der Waals surface area contributed by atoms with Crippen molar-refractivity contribution in [1.29, 1.82) is 0 Å². The van der Waals surface area contributed by atoms with E-state index in [9.17, 15) is 13.6 Å². The average molecular weight is 260 g/mol. The minimum Gasteiger partial charge on any atom is -0.482 e. The Labute approximate surface area is 108 Å². The van der Waals surface area contributed by atoms with Gasteiger partial charge >= 0.3 is 0 Å². The number of rotatable bonds is 2. The molecular weight excluding hydrogens is 250 g/mol. The van der Waals surface area contributed by atoms with Crippen LogP contribution in [0.4, 0.5) is 8.78 Å². The van der Waals surface area contributed by atoms with Crippen LogP contribution in [0.1, 0.15) is 15.9 Å². The molecule has 0 aliphatic carbocycles. The monoisotopic (exact) mass is 260 g/mol. The second-order valence-electron chi connectivity index (χ2n) is 4.41. The molecule has 1 unspecified atom stereocenters. The minimum absolute atomic E-state index is 0.266. The lowest BCUT2D eigenvalue weighted by Crippen LogP contribution is -2.26. The second kappa shape index (κ2) is 4.46. The Hall–Kier alpha value is -2.23. The molecule has 4 heteroatoms. The third kappa shape index (κ3) is 2.10. The largest absolute Gasteiger partial charge is 0.482 e. The van der Waals surface area contributed by atoms with E-state index in [1.807, 2.05) is 12.1 Å². The van der Waals surface area contributed by atoms with Crippen LogP contribution in [0.3, 0.4) is 0 Å². The van der Waals surface area contributed by atoms with Gasteiger partial charge in [-0.05, 0) is 29.8 Å². The van der Waals surface area contributed by atoms with Crippen molar-refractivity contribution in [1.82, 2.24) is 0 Å². The molecular formula is C15H10F2O2. The van der Waals surface area contributed by atoms with E-state index >= 15 is 0 Å². The van der Waals surface area contributed by atoms with E-state index < -0.39 is 23.5 Å². The Morgan fingerprint density at radius 3 is 2.74 bits per heavy atom. The second-order valence-corrected chi connectivity index (χ2v) is 4.41. The fraction of sp³-hybridized carbons (Fsp3) is 0.133. The number of carbonyl (C=O) groups is 1. The lowest BCUT2D eigenvalue weighted by molar-refractivity contribution is 0.0820. The highest BCUT2D eigenvalue weighted by Gasteiger charge is 2.31. The van der Waals surface area contributed by atoms with E-state index in [0.717, 1.165) is 23.8 Å². The number of ether oxygens (including phenoxy) is 1. The quantitative estimate of drug-likeness (QED) is 0.775. The van der Waals surface area contributed by atoms with Crippen molar-refractivity contribution in [2.75, 3.05) is 0 Å². The summed E-state index contributed by atoms with van der Waals surface area (Å²) in [5.41, 5.74) is 0.635. The number of hydrogen-bond donors (Lipinski definition) is 0. The Morgan fingerprint density at radius 1 is 1.16 bits per heavy atom. The van der Waals surface area contributed by atoms with Gasteiger partial charge in [0.1, 0.15) is 17.4 Å². The van der Waals surface area contributed by atoms with Gasteiger partial charge in [-0.25, -0.2) is 8.78 Å². The van der Waals surface area contributed by atoms with Crippen LogP contribution in [0.15, 0.2) is 42.5 Å². The molecule has 1 atom stereocenters. The third-order valence-corrected chi connectivity index (χ3v) is 3.13. The van der Waals surface area contributed by atoms with Gasteiger partial charge < -0.3 is 4.74 Å². The fourth-order valence-corrected chi connectivity index (χ4v) is 2.19. The van der Waals surface area contributed by atoms with Crippen LogP contribution in [0.5, 0.6) is 5.75 Å². The average Bonchev–Trinajstić information content (AvgIpc) is 2.84. The van der Waals surface area contributed by atoms with Crippen molar-refractivity contribution >= 4 is 5.78 Å². The lowest BCUT2D eigenvalue weighted by atomic mass is 10.0. The standard InChI is InChI=1S/C15H10F2O2/c16-10-5-6-12(17)11(8-10)15(18)14-7-9-3-1-2-4-13(9)19-14/h1-6,8,14H,7H2. The number of ketones is 1. The number of benzene rings is 2. The predicted molar refractivity (Wildman–Crippen MR) is 65.3 cm³/mol. The summed E-state index contributed by atoms with van der Waals surface area (Å²) in [4.78, 5) is 12.2. The predicted octanol–water partition coefficient (Wildman–Crippen LogP) is 3.15. The molecule has 0 N–H and O–H groups in total. The van der Waals surface area contributed by atoms with E-state index in [0.29, 0.717) is 12.2 Å². The van der Waals surface area contributed by atoms with Crippen molar-refractivity contribution in [3.63, 3.8) is 0 Å². The Balaban J connectivity index is 1.89. The zero-order chi connectivity index (χ0) is 13.4. The first kappa shape index (κ1) is 11.8. The van der Waals surface area contributed by atoms with Crippen molar-refractivity contribution in [3.05, 3.63) is 65.2 Å². The number of carbonyl (C=O) groups excluding carboxylic acids is 1. The van der Waals surface area contributed by atoms with Crippen molar-refractivity contribution in [3.8, 4) is 5.75 Å². The summed E-state index contributed by atoms with van der Waals surface area (Å²) < 4.78 is 32.1. The van der Waals surface area contributed by atoms with Crippen molar-refractivity contribution < 1.29 is 18.3 Å². The molecule has 0 aromatic heterocycles. The topological polar surface area (TPSA) is 26.3 Å². The third-order valence-electron chi connectivity index (χ3n) is 3.13. The Bertz CT molecular complexity index is 627. The first-order valence-corrected chi connectivity index (χ1v) is 5.89. The maximum absolute atomic E-state index is 13.6. The lowest BCUT2D eigenvalue weighted by Gasteiger charge is -2.10. The van der Waals surface area contributed by atoms with Gasteiger partial charge in [0.15, 0.2) is 6.10 Å². The fourth-order valence-electron chi connectivity index (χ4n) is 2.19. The van der Waals surface area contributed by atoms with Gasteiger partial charge in [-0.2, -0.15) is 0 Å². The molecule has 2 nitrogen and oxygen atoms in total. The van der Waals surface area contributed by atoms with E-state index in [2.05, 4.69) is 0 Å². The molecule has 1 aliphatic rings. The highest BCUT2D eigenvalue weighted by atomic mass is 19.1. The van der Waals surface area contributed by atoms with Crippen LogP contribution < -0.4 is 4.74 Å². The molecule has 96 valence electrons. The van der Waals surface area contributed by atoms with E-state index in [1.165, 1.54) is 0 Å². The zero-order valence-corrected chi connectivity index (χ0v) is 9.90. The molecule has 0 radical (unpaired) electrons. The molecule has 0 bridgehead atoms. The van der Waals surface area contributed by atoms with Crippen LogP contribution in [0.25, 0.3) is 0 Å². The van der Waals surface area contributed by atoms with Crippen molar-refractivity contribution in [2.24, 2.45) is 0 Å². The first-order valence-electron chi connectivity index (χ1n) is 5.89. The summed E-state index contributed by atoms with van der Waals surface area (Å²) >= 11 is 0. The number of para-hydroxylation sites is 1. The molecule has 0 fully saturated rings. The molecule has 0 saturated heterocycles. The summed E-state index contributed by atoms with van der Waals surface area (Å²) in [6.07, 6.45) is -0.404. The summed E-state index contributed by atoms with van der Waals surface area (Å²) in [7, 11) is 0. The maximum Gasteiger partial charge on any atom is 0.206 e. The summed E-state index contributed by atoms with van der Waals surface area (Å²) in [5.74, 6) is -1.28. The van der Waals surface area contributed by atoms with Gasteiger partial charge in [-0.3, -0.25) is 4.79 Å². The van der Waals surface area contributed by atoms with Gasteiger partial charge in [0.2, 0.25) is 5.78 Å². The zero-order valence-electron chi connectivity index (χ0n) is 9.90. The van der Waals surface area contributed by atoms with Gasteiger partial charge in [0.05, 0.1) is 5.56 Å². The molecule has 2 aromatic carbocycles. The number of hydrogen-bond acceptors (Lipinski definition) is 2. The van der Waals surface area contributed by atoms with Gasteiger partial charge in [-0.15, -0.1) is 0 Å².